The number of halogens is 1. The summed E-state index contributed by atoms with van der Waals surface area (Å²) in [5, 5.41) is 0.573. The lowest BCUT2D eigenvalue weighted by molar-refractivity contribution is 0.0582. The zero-order valence-corrected chi connectivity index (χ0v) is 17.9. The van der Waals surface area contributed by atoms with Gasteiger partial charge in [-0.1, -0.05) is 11.6 Å². The Balaban J connectivity index is 1.14. The lowest BCUT2D eigenvalue weighted by Crippen LogP contribution is -2.35. The fourth-order valence-corrected chi connectivity index (χ4v) is 5.67. The Hall–Kier alpha value is -0.960. The highest BCUT2D eigenvalue weighted by Crippen LogP contribution is 2.49. The number of nitrogens with zero attached hydrogens (tertiary/aromatic N) is 4. The molecule has 2 saturated heterocycles. The molecule has 3 atom stereocenters. The quantitative estimate of drug-likeness (QED) is 0.663. The van der Waals surface area contributed by atoms with Crippen LogP contribution in [0.2, 0.25) is 5.02 Å². The van der Waals surface area contributed by atoms with E-state index in [9.17, 15) is 8.42 Å². The highest BCUT2D eigenvalue weighted by molar-refractivity contribution is 7.88. The summed E-state index contributed by atoms with van der Waals surface area (Å²) in [6.45, 7) is 3.87. The topological polar surface area (TPSA) is 75.6 Å². The molecule has 156 valence electrons. The van der Waals surface area contributed by atoms with E-state index in [0.29, 0.717) is 18.1 Å². The van der Waals surface area contributed by atoms with Crippen LogP contribution in [0.1, 0.15) is 32.1 Å². The number of hydrogen-bond donors (Lipinski definition) is 0. The van der Waals surface area contributed by atoms with Crippen molar-refractivity contribution < 1.29 is 13.2 Å². The van der Waals surface area contributed by atoms with Gasteiger partial charge in [0.15, 0.2) is 0 Å². The second-order valence-electron chi connectivity index (χ2n) is 8.38. The normalized spacial score (nSPS) is 29.4. The number of ether oxygens (including phenoxy) is 1. The molecule has 0 radical (unpaired) electrons. The van der Waals surface area contributed by atoms with Gasteiger partial charge in [-0.15, -0.1) is 0 Å². The molecule has 1 aromatic rings. The van der Waals surface area contributed by atoms with Crippen LogP contribution in [0.5, 0.6) is 0 Å². The van der Waals surface area contributed by atoms with Crippen LogP contribution in [0.3, 0.4) is 0 Å². The van der Waals surface area contributed by atoms with Crippen molar-refractivity contribution in [3.05, 3.63) is 17.4 Å². The first-order valence-electron chi connectivity index (χ1n) is 10.2. The molecule has 0 aromatic carbocycles. The average molecular weight is 429 g/mol. The molecule has 0 spiro atoms. The molecule has 4 rings (SSSR count). The van der Waals surface area contributed by atoms with Crippen LogP contribution in [0.15, 0.2) is 12.4 Å². The maximum absolute atomic E-state index is 11.6. The Kier molecular flexibility index (Phi) is 6.11. The number of rotatable bonds is 7. The van der Waals surface area contributed by atoms with Crippen molar-refractivity contribution in [1.82, 2.24) is 14.3 Å². The summed E-state index contributed by atoms with van der Waals surface area (Å²) < 4.78 is 30.6. The fraction of sp³-hybridized carbons (Fsp3) is 0.789. The smallest absolute Gasteiger partial charge is 0.225 e. The van der Waals surface area contributed by atoms with Gasteiger partial charge in [0.1, 0.15) is 0 Å². The fourth-order valence-electron chi connectivity index (χ4n) is 4.70. The van der Waals surface area contributed by atoms with E-state index in [1.807, 2.05) is 0 Å². The number of hydrogen-bond acceptors (Lipinski definition) is 6. The van der Waals surface area contributed by atoms with Crippen LogP contribution in [-0.4, -0.2) is 67.8 Å². The van der Waals surface area contributed by atoms with Gasteiger partial charge in [0.25, 0.3) is 0 Å². The van der Waals surface area contributed by atoms with Crippen LogP contribution in [0, 0.1) is 17.8 Å². The molecule has 7 nitrogen and oxygen atoms in total. The Morgan fingerprint density at radius 3 is 2.54 bits per heavy atom. The summed E-state index contributed by atoms with van der Waals surface area (Å²) in [5.41, 5.74) is 0. The number of sulfonamides is 1. The molecule has 1 aromatic heterocycles. The monoisotopic (exact) mass is 428 g/mol. The van der Waals surface area contributed by atoms with Crippen LogP contribution >= 0.6 is 11.6 Å². The van der Waals surface area contributed by atoms with Gasteiger partial charge in [0, 0.05) is 32.8 Å². The molecular formula is C19H29ClN4O3S. The number of aromatic nitrogens is 2. The first kappa shape index (κ1) is 20.3. The minimum absolute atomic E-state index is 0.0644. The molecule has 9 heteroatoms. The first-order valence-corrected chi connectivity index (χ1v) is 12.4. The van der Waals surface area contributed by atoms with Gasteiger partial charge >= 0.3 is 0 Å². The van der Waals surface area contributed by atoms with Crippen molar-refractivity contribution in [1.29, 1.82) is 0 Å². The second-order valence-corrected chi connectivity index (χ2v) is 10.8. The van der Waals surface area contributed by atoms with E-state index in [2.05, 4.69) is 14.9 Å². The Morgan fingerprint density at radius 1 is 1.18 bits per heavy atom. The van der Waals surface area contributed by atoms with Crippen molar-refractivity contribution in [2.45, 2.75) is 38.2 Å². The zero-order chi connectivity index (χ0) is 19.7. The maximum atomic E-state index is 11.6. The molecule has 28 heavy (non-hydrogen) atoms. The van der Waals surface area contributed by atoms with Crippen molar-refractivity contribution in [2.24, 2.45) is 17.8 Å². The van der Waals surface area contributed by atoms with Gasteiger partial charge in [-0.2, -0.15) is 4.31 Å². The number of piperidine rings is 1. The molecular weight excluding hydrogens is 400 g/mol. The third-order valence-electron chi connectivity index (χ3n) is 6.43. The molecule has 0 bridgehead atoms. The summed E-state index contributed by atoms with van der Waals surface area (Å²) in [5.74, 6) is 3.17. The van der Waals surface area contributed by atoms with E-state index in [4.69, 9.17) is 16.3 Å². The summed E-state index contributed by atoms with van der Waals surface area (Å²) in [4.78, 5) is 10.9. The summed E-state index contributed by atoms with van der Waals surface area (Å²) in [7, 11) is -3.08. The SMILES string of the molecule is CS(=O)(=O)N1CC[C@H](OCC[C@@H]2C[C@@H]2C2CCN(c3ncc(Cl)cn3)CC2)C1. The highest BCUT2D eigenvalue weighted by Gasteiger charge is 2.43. The van der Waals surface area contributed by atoms with Crippen LogP contribution in [-0.2, 0) is 14.8 Å². The van der Waals surface area contributed by atoms with E-state index in [-0.39, 0.29) is 6.10 Å². The van der Waals surface area contributed by atoms with E-state index >= 15 is 0 Å². The Morgan fingerprint density at radius 2 is 1.89 bits per heavy atom. The summed E-state index contributed by atoms with van der Waals surface area (Å²) in [6.07, 6.45) is 10.3. The molecule has 1 saturated carbocycles. The maximum Gasteiger partial charge on any atom is 0.225 e. The molecule has 1 aliphatic carbocycles. The standard InChI is InChI=1S/C19H29ClN4O3S/c1-28(25,26)24-8-4-17(13-24)27-9-5-15-10-18(15)14-2-6-23(7-3-14)19-21-11-16(20)12-22-19/h11-12,14-15,17-18H,2-10,13H2,1H3/t15-,17+,18-/m1/s1. The first-order chi connectivity index (χ1) is 13.4. The van der Waals surface area contributed by atoms with Crippen LogP contribution in [0.4, 0.5) is 5.95 Å². The highest BCUT2D eigenvalue weighted by atomic mass is 35.5. The van der Waals surface area contributed by atoms with Crippen LogP contribution < -0.4 is 4.90 Å². The molecule has 3 heterocycles. The minimum Gasteiger partial charge on any atom is -0.377 e. The van der Waals surface area contributed by atoms with E-state index in [0.717, 1.165) is 56.2 Å². The van der Waals surface area contributed by atoms with E-state index in [1.54, 1.807) is 12.4 Å². The minimum atomic E-state index is -3.08. The molecule has 3 aliphatic rings. The Bertz CT molecular complexity index is 768. The van der Waals surface area contributed by atoms with E-state index in [1.165, 1.54) is 29.8 Å². The third kappa shape index (κ3) is 4.96. The van der Waals surface area contributed by atoms with Gasteiger partial charge < -0.3 is 9.64 Å². The summed E-state index contributed by atoms with van der Waals surface area (Å²) in [6, 6.07) is 0. The van der Waals surface area contributed by atoms with Gasteiger partial charge in [-0.25, -0.2) is 18.4 Å². The van der Waals surface area contributed by atoms with Gasteiger partial charge in [0.2, 0.25) is 16.0 Å². The zero-order valence-electron chi connectivity index (χ0n) is 16.3. The predicted octanol–water partition coefficient (Wildman–Crippen LogP) is 2.42. The van der Waals surface area contributed by atoms with E-state index < -0.39 is 10.0 Å². The van der Waals surface area contributed by atoms with Gasteiger partial charge in [-0.05, 0) is 49.9 Å². The van der Waals surface area contributed by atoms with Crippen molar-refractivity contribution in [3.8, 4) is 0 Å². The van der Waals surface area contributed by atoms with Crippen molar-refractivity contribution in [2.75, 3.05) is 43.9 Å². The van der Waals surface area contributed by atoms with Crippen molar-refractivity contribution >= 4 is 27.6 Å². The second kappa shape index (κ2) is 8.42. The molecule has 3 fully saturated rings. The molecule has 0 unspecified atom stereocenters. The summed E-state index contributed by atoms with van der Waals surface area (Å²) >= 11 is 5.87. The van der Waals surface area contributed by atoms with Gasteiger partial charge in [0.05, 0.1) is 29.8 Å². The predicted molar refractivity (Wildman–Crippen MR) is 109 cm³/mol. The molecule has 2 aliphatic heterocycles. The molecule has 0 N–H and O–H groups in total. The third-order valence-corrected chi connectivity index (χ3v) is 7.90. The average Bonchev–Trinajstić information content (AvgIpc) is 3.27. The van der Waals surface area contributed by atoms with Crippen molar-refractivity contribution in [3.63, 3.8) is 0 Å². The number of anilines is 1. The van der Waals surface area contributed by atoms with Gasteiger partial charge in [-0.3, -0.25) is 0 Å². The largest absolute Gasteiger partial charge is 0.377 e. The lowest BCUT2D eigenvalue weighted by Gasteiger charge is -2.32. The Labute approximate surface area is 172 Å². The van der Waals surface area contributed by atoms with Crippen LogP contribution in [0.25, 0.3) is 0 Å². The molecule has 0 amide bonds. The lowest BCUT2D eigenvalue weighted by atomic mass is 9.90.